The lowest BCUT2D eigenvalue weighted by Crippen LogP contribution is -2.31. The van der Waals surface area contributed by atoms with E-state index in [4.69, 9.17) is 26.9 Å². The fourth-order valence-electron chi connectivity index (χ4n) is 3.43. The molecule has 0 aliphatic carbocycles. The summed E-state index contributed by atoms with van der Waals surface area (Å²) in [6.45, 7) is 0.430. The summed E-state index contributed by atoms with van der Waals surface area (Å²) in [5.74, 6) is -0.896. The molecule has 0 saturated carbocycles. The van der Waals surface area contributed by atoms with Crippen molar-refractivity contribution in [2.24, 2.45) is 5.73 Å². The molecule has 2 aromatic heterocycles. The van der Waals surface area contributed by atoms with Gasteiger partial charge in [-0.1, -0.05) is 40.3 Å². The topological polar surface area (TPSA) is 117 Å². The van der Waals surface area contributed by atoms with Crippen molar-refractivity contribution >= 4 is 56.2 Å². The Balaban J connectivity index is 1.94. The van der Waals surface area contributed by atoms with Gasteiger partial charge in [-0.3, -0.25) is 9.48 Å². The summed E-state index contributed by atoms with van der Waals surface area (Å²) < 4.78 is 48.1. The van der Waals surface area contributed by atoms with E-state index in [0.717, 1.165) is 28.5 Å². The Morgan fingerprint density at radius 1 is 1.24 bits per heavy atom. The van der Waals surface area contributed by atoms with Crippen molar-refractivity contribution in [3.05, 3.63) is 69.8 Å². The van der Waals surface area contributed by atoms with Gasteiger partial charge in [0.15, 0.2) is 0 Å². The van der Waals surface area contributed by atoms with Crippen LogP contribution in [0.25, 0.3) is 10.9 Å². The number of sulfonamides is 1. The summed E-state index contributed by atoms with van der Waals surface area (Å²) in [7, 11) is -3.12. The number of benzene rings is 2. The lowest BCUT2D eigenvalue weighted by atomic mass is 10.1. The average molecular weight is 525 g/mol. The number of anilines is 1. The predicted molar refractivity (Wildman–Crippen MR) is 126 cm³/mol. The Hall–Kier alpha value is -3.19. The van der Waals surface area contributed by atoms with Crippen molar-refractivity contribution in [3.8, 4) is 5.75 Å². The van der Waals surface area contributed by atoms with E-state index in [2.05, 4.69) is 5.10 Å². The van der Waals surface area contributed by atoms with Gasteiger partial charge in [0.1, 0.15) is 15.8 Å². The van der Waals surface area contributed by atoms with Crippen molar-refractivity contribution < 1.29 is 27.2 Å². The molecule has 0 unspecified atom stereocenters. The maximum atomic E-state index is 14.4. The number of hydrogen-bond donors (Lipinski definition) is 1. The van der Waals surface area contributed by atoms with Crippen LogP contribution in [0.4, 0.5) is 10.2 Å². The number of fused-ring (bicyclic) bond motifs is 1. The average Bonchev–Trinajstić information content (AvgIpc) is 3.41. The van der Waals surface area contributed by atoms with Crippen LogP contribution in [0.15, 0.2) is 52.7 Å². The number of hydrogen-bond acceptors (Lipinski definition) is 8. The Bertz CT molecular complexity index is 1470. The monoisotopic (exact) mass is 524 g/mol. The minimum absolute atomic E-state index is 0.00544. The standard InChI is InChI=1S/C21H18ClFN4O5S2/c1-31-17-9-15(23)8-16-20(17)21(25-26(16)11-14-4-2-3-13(7-14)10-24)27(32-12-28)34(29,30)19-6-5-18(22)33-19/h2-9,12H,10-11,24H2,1H3. The molecule has 2 heterocycles. The molecule has 9 nitrogen and oxygen atoms in total. The van der Waals surface area contributed by atoms with Crippen molar-refractivity contribution in [2.45, 2.75) is 17.3 Å². The minimum atomic E-state index is -4.42. The molecule has 0 bridgehead atoms. The normalized spacial score (nSPS) is 11.5. The van der Waals surface area contributed by atoms with E-state index in [-0.39, 0.29) is 44.0 Å². The highest BCUT2D eigenvalue weighted by Crippen LogP contribution is 2.39. The molecule has 13 heteroatoms. The second kappa shape index (κ2) is 9.58. The van der Waals surface area contributed by atoms with E-state index < -0.39 is 15.8 Å². The molecule has 0 atom stereocenters. The molecule has 0 aliphatic heterocycles. The highest BCUT2D eigenvalue weighted by atomic mass is 35.5. The Morgan fingerprint density at radius 2 is 2.00 bits per heavy atom. The lowest BCUT2D eigenvalue weighted by molar-refractivity contribution is -0.128. The van der Waals surface area contributed by atoms with E-state index in [0.29, 0.717) is 11.0 Å². The van der Waals surface area contributed by atoms with Gasteiger partial charge in [-0.05, 0) is 23.3 Å². The minimum Gasteiger partial charge on any atom is -0.496 e. The van der Waals surface area contributed by atoms with E-state index in [9.17, 15) is 17.6 Å². The summed E-state index contributed by atoms with van der Waals surface area (Å²) in [4.78, 5) is 16.2. The number of carbonyl (C=O) groups is 1. The Kier molecular flexibility index (Phi) is 6.75. The quantitative estimate of drug-likeness (QED) is 0.262. The van der Waals surface area contributed by atoms with Crippen LogP contribution in [-0.4, -0.2) is 31.8 Å². The third-order valence-electron chi connectivity index (χ3n) is 4.88. The number of halogens is 2. The van der Waals surface area contributed by atoms with E-state index in [1.54, 1.807) is 0 Å². The van der Waals surface area contributed by atoms with Gasteiger partial charge in [-0.25, -0.2) is 4.39 Å². The lowest BCUT2D eigenvalue weighted by Gasteiger charge is -2.18. The number of aromatic nitrogens is 2. The number of ether oxygens (including phenoxy) is 1. The molecule has 2 N–H and O–H groups in total. The first-order valence-corrected chi connectivity index (χ1v) is 12.3. The van der Waals surface area contributed by atoms with Crippen LogP contribution in [0.2, 0.25) is 4.34 Å². The number of nitrogens with zero attached hydrogens (tertiary/aromatic N) is 3. The van der Waals surface area contributed by atoms with Crippen LogP contribution in [-0.2, 0) is 32.7 Å². The number of rotatable bonds is 9. The van der Waals surface area contributed by atoms with Crippen LogP contribution in [0.3, 0.4) is 0 Å². The Morgan fingerprint density at radius 3 is 2.65 bits per heavy atom. The summed E-state index contributed by atoms with van der Waals surface area (Å²) in [5.41, 5.74) is 7.61. The third kappa shape index (κ3) is 4.44. The number of thiophene rings is 1. The van der Waals surface area contributed by atoms with Gasteiger partial charge in [0.2, 0.25) is 5.82 Å². The van der Waals surface area contributed by atoms with E-state index in [1.807, 2.05) is 24.3 Å². The zero-order valence-electron chi connectivity index (χ0n) is 17.6. The zero-order chi connectivity index (χ0) is 24.5. The molecule has 0 fully saturated rings. The summed E-state index contributed by atoms with van der Waals surface area (Å²) in [6, 6.07) is 12.3. The molecule has 0 amide bonds. The number of methoxy groups -OCH3 is 1. The largest absolute Gasteiger partial charge is 0.496 e. The van der Waals surface area contributed by atoms with Gasteiger partial charge in [0.05, 0.1) is 28.9 Å². The van der Waals surface area contributed by atoms with Crippen molar-refractivity contribution in [1.82, 2.24) is 9.78 Å². The highest BCUT2D eigenvalue weighted by Gasteiger charge is 2.34. The molecule has 4 rings (SSSR count). The first-order chi connectivity index (χ1) is 16.3. The molecule has 0 aliphatic rings. The first-order valence-electron chi connectivity index (χ1n) is 9.71. The van der Waals surface area contributed by atoms with Gasteiger partial charge in [0.25, 0.3) is 0 Å². The summed E-state index contributed by atoms with van der Waals surface area (Å²) >= 11 is 6.69. The van der Waals surface area contributed by atoms with Crippen LogP contribution in [0, 0.1) is 5.82 Å². The molecule has 178 valence electrons. The van der Waals surface area contributed by atoms with Gasteiger partial charge in [-0.15, -0.1) is 16.4 Å². The molecule has 2 aromatic carbocycles. The molecule has 0 saturated heterocycles. The summed E-state index contributed by atoms with van der Waals surface area (Å²) in [6.07, 6.45) is 0. The maximum absolute atomic E-state index is 14.4. The van der Waals surface area contributed by atoms with Gasteiger partial charge < -0.3 is 15.3 Å². The third-order valence-corrected chi connectivity index (χ3v) is 8.12. The van der Waals surface area contributed by atoms with Crippen molar-refractivity contribution in [1.29, 1.82) is 0 Å². The molecule has 34 heavy (non-hydrogen) atoms. The summed E-state index contributed by atoms with van der Waals surface area (Å²) in [5, 5.41) is 4.51. The smallest absolute Gasteiger partial charge is 0.322 e. The van der Waals surface area contributed by atoms with Crippen LogP contribution in [0.5, 0.6) is 5.75 Å². The van der Waals surface area contributed by atoms with Crippen LogP contribution >= 0.6 is 22.9 Å². The SMILES string of the molecule is COc1cc(F)cc2c1c(N(OC=O)S(=O)(=O)c1ccc(Cl)s1)nn2Cc1cccc(CN)c1. The molecule has 4 aromatic rings. The fraction of sp³-hybridized carbons (Fsp3) is 0.143. The highest BCUT2D eigenvalue weighted by molar-refractivity contribution is 7.94. The van der Waals surface area contributed by atoms with Gasteiger partial charge in [-0.2, -0.15) is 8.42 Å². The molecule has 0 spiro atoms. The molecular weight excluding hydrogens is 507 g/mol. The van der Waals surface area contributed by atoms with Gasteiger partial charge >= 0.3 is 16.5 Å². The first kappa shape index (κ1) is 24.0. The van der Waals surface area contributed by atoms with Crippen LogP contribution < -0.4 is 14.9 Å². The van der Waals surface area contributed by atoms with Gasteiger partial charge in [0, 0.05) is 18.7 Å². The maximum Gasteiger partial charge on any atom is 0.322 e. The molecular formula is C21H18ClFN4O5S2. The number of carbonyl (C=O) groups excluding carboxylic acids is 1. The number of nitrogens with two attached hydrogens (primary N) is 1. The Labute approximate surface area is 203 Å². The van der Waals surface area contributed by atoms with E-state index >= 15 is 0 Å². The van der Waals surface area contributed by atoms with Crippen molar-refractivity contribution in [3.63, 3.8) is 0 Å². The fourth-order valence-corrected chi connectivity index (χ4v) is 6.14. The van der Waals surface area contributed by atoms with E-state index in [1.165, 1.54) is 30.0 Å². The molecule has 0 radical (unpaired) electrons. The van der Waals surface area contributed by atoms with Crippen molar-refractivity contribution in [2.75, 3.05) is 11.6 Å². The second-order valence-electron chi connectivity index (χ2n) is 7.00. The zero-order valence-corrected chi connectivity index (χ0v) is 20.0. The van der Waals surface area contributed by atoms with Crippen LogP contribution in [0.1, 0.15) is 11.1 Å². The second-order valence-corrected chi connectivity index (χ2v) is 10.7. The predicted octanol–water partition coefficient (Wildman–Crippen LogP) is 3.69.